The third-order valence-electron chi connectivity index (χ3n) is 5.04. The fourth-order valence-corrected chi connectivity index (χ4v) is 3.80. The number of aryl methyl sites for hydroxylation is 1. The summed E-state index contributed by atoms with van der Waals surface area (Å²) in [6.07, 6.45) is 1.27. The molecule has 0 fully saturated rings. The highest BCUT2D eigenvalue weighted by atomic mass is 32.2. The number of nitrogens with one attached hydrogen (secondary N) is 2. The van der Waals surface area contributed by atoms with Gasteiger partial charge in [0.25, 0.3) is 10.2 Å². The predicted molar refractivity (Wildman–Crippen MR) is 120 cm³/mol. The summed E-state index contributed by atoms with van der Waals surface area (Å²) in [4.78, 5) is 12.7. The molecule has 1 aromatic heterocycles. The monoisotopic (exact) mass is 464 g/mol. The normalized spacial score (nSPS) is 11.6. The molecule has 0 saturated heterocycles. The van der Waals surface area contributed by atoms with Crippen molar-refractivity contribution in [1.29, 1.82) is 0 Å². The van der Waals surface area contributed by atoms with E-state index in [1.54, 1.807) is 25.1 Å². The molecule has 0 unspecified atom stereocenters. The van der Waals surface area contributed by atoms with Gasteiger partial charge in [-0.15, -0.1) is 0 Å². The lowest BCUT2D eigenvalue weighted by atomic mass is 9.99. The number of halogens is 1. The van der Waals surface area contributed by atoms with Crippen LogP contribution in [0.3, 0.4) is 0 Å². The molecule has 0 aliphatic carbocycles. The van der Waals surface area contributed by atoms with E-state index < -0.39 is 21.7 Å². The Labute approximate surface area is 185 Å². The molecule has 172 valence electrons. The lowest BCUT2D eigenvalue weighted by Gasteiger charge is -2.12. The lowest BCUT2D eigenvalue weighted by Crippen LogP contribution is -2.27. The van der Waals surface area contributed by atoms with E-state index >= 15 is 0 Å². The van der Waals surface area contributed by atoms with Crippen LogP contribution in [-0.2, 0) is 16.6 Å². The molecule has 10 heteroatoms. The van der Waals surface area contributed by atoms with Gasteiger partial charge in [0.05, 0.1) is 12.3 Å². The van der Waals surface area contributed by atoms with E-state index in [-0.39, 0.29) is 29.8 Å². The van der Waals surface area contributed by atoms with Crippen LogP contribution in [0.25, 0.3) is 11.0 Å². The number of ether oxygens (including phenoxy) is 1. The predicted octanol–water partition coefficient (Wildman–Crippen LogP) is 2.86. The number of aliphatic hydroxyl groups is 1. The number of unbranched alkanes of at least 4 members (excludes halogenated alkanes) is 1. The summed E-state index contributed by atoms with van der Waals surface area (Å²) in [6, 6.07) is 9.44. The van der Waals surface area contributed by atoms with E-state index in [4.69, 9.17) is 14.3 Å². The van der Waals surface area contributed by atoms with Gasteiger partial charge in [-0.3, -0.25) is 4.72 Å². The second kappa shape index (κ2) is 10.1. The molecule has 2 aromatic carbocycles. The molecule has 0 bridgehead atoms. The van der Waals surface area contributed by atoms with E-state index in [9.17, 15) is 17.6 Å². The van der Waals surface area contributed by atoms with E-state index in [1.165, 1.54) is 25.2 Å². The maximum absolute atomic E-state index is 14.9. The Morgan fingerprint density at radius 3 is 2.69 bits per heavy atom. The average molecular weight is 465 g/mol. The zero-order valence-corrected chi connectivity index (χ0v) is 18.6. The minimum Gasteiger partial charge on any atom is -0.493 e. The van der Waals surface area contributed by atoms with Gasteiger partial charge in [-0.25, -0.2) is 13.9 Å². The Hall–Kier alpha value is -2.95. The summed E-state index contributed by atoms with van der Waals surface area (Å²) < 4.78 is 53.5. The summed E-state index contributed by atoms with van der Waals surface area (Å²) in [6.45, 7) is 2.28. The molecular formula is C22H25FN2O6S. The van der Waals surface area contributed by atoms with Crippen molar-refractivity contribution in [2.75, 3.05) is 25.0 Å². The molecule has 32 heavy (non-hydrogen) atoms. The fourth-order valence-electron chi connectivity index (χ4n) is 3.25. The molecular weight excluding hydrogens is 439 g/mol. The highest BCUT2D eigenvalue weighted by Crippen LogP contribution is 2.27. The molecule has 0 aliphatic rings. The van der Waals surface area contributed by atoms with Crippen LogP contribution in [0.2, 0.25) is 0 Å². The molecule has 1 heterocycles. The average Bonchev–Trinajstić information content (AvgIpc) is 2.76. The van der Waals surface area contributed by atoms with Gasteiger partial charge in [-0.1, -0.05) is 12.1 Å². The maximum atomic E-state index is 14.9. The smallest absolute Gasteiger partial charge is 0.340 e. The Balaban J connectivity index is 1.91. The maximum Gasteiger partial charge on any atom is 0.340 e. The van der Waals surface area contributed by atoms with Crippen molar-refractivity contribution in [3.63, 3.8) is 0 Å². The summed E-state index contributed by atoms with van der Waals surface area (Å²) in [7, 11) is -2.68. The van der Waals surface area contributed by atoms with E-state index in [2.05, 4.69) is 9.44 Å². The van der Waals surface area contributed by atoms with Crippen molar-refractivity contribution in [3.05, 3.63) is 69.3 Å². The molecule has 0 radical (unpaired) electrons. The van der Waals surface area contributed by atoms with Gasteiger partial charge in [0.15, 0.2) is 5.82 Å². The van der Waals surface area contributed by atoms with Gasteiger partial charge < -0.3 is 14.3 Å². The van der Waals surface area contributed by atoms with Gasteiger partial charge in [-0.2, -0.15) is 8.42 Å². The Bertz CT molecular complexity index is 1270. The number of fused-ring (bicyclic) bond motifs is 1. The SMILES string of the molecule is CNS(=O)(=O)Nc1cccc(Cc2c(C)c3ccc(OCCCCO)cc3oc2=O)c1F. The third-order valence-corrected chi connectivity index (χ3v) is 6.07. The van der Waals surface area contributed by atoms with Gasteiger partial charge in [0, 0.05) is 37.1 Å². The number of benzene rings is 2. The third kappa shape index (κ3) is 5.45. The lowest BCUT2D eigenvalue weighted by molar-refractivity contribution is 0.253. The second-order valence-corrected chi connectivity index (χ2v) is 8.81. The molecule has 8 nitrogen and oxygen atoms in total. The number of anilines is 1. The molecule has 0 aliphatic heterocycles. The van der Waals surface area contributed by atoms with Crippen LogP contribution < -0.4 is 19.8 Å². The first-order valence-corrected chi connectivity index (χ1v) is 11.5. The van der Waals surface area contributed by atoms with E-state index in [0.717, 1.165) is 0 Å². The highest BCUT2D eigenvalue weighted by Gasteiger charge is 2.18. The van der Waals surface area contributed by atoms with Crippen molar-refractivity contribution < 1.29 is 27.1 Å². The van der Waals surface area contributed by atoms with Gasteiger partial charge in [0.2, 0.25) is 0 Å². The van der Waals surface area contributed by atoms with Crippen molar-refractivity contribution in [1.82, 2.24) is 4.72 Å². The number of hydrogen-bond donors (Lipinski definition) is 3. The van der Waals surface area contributed by atoms with Crippen LogP contribution in [0.4, 0.5) is 10.1 Å². The molecule has 0 saturated carbocycles. The Kier molecular flexibility index (Phi) is 7.49. The first-order valence-electron chi connectivity index (χ1n) is 10.0. The molecule has 3 rings (SSSR count). The van der Waals surface area contributed by atoms with Crippen molar-refractivity contribution in [2.45, 2.75) is 26.2 Å². The van der Waals surface area contributed by atoms with Crippen molar-refractivity contribution >= 4 is 26.9 Å². The Morgan fingerprint density at radius 1 is 1.19 bits per heavy atom. The van der Waals surface area contributed by atoms with Crippen LogP contribution >= 0.6 is 0 Å². The quantitative estimate of drug-likeness (QED) is 0.314. The Morgan fingerprint density at radius 2 is 1.97 bits per heavy atom. The van der Waals surface area contributed by atoms with Crippen molar-refractivity contribution in [3.8, 4) is 5.75 Å². The molecule has 0 atom stereocenters. The molecule has 3 N–H and O–H groups in total. The van der Waals surface area contributed by atoms with Gasteiger partial charge >= 0.3 is 5.63 Å². The van der Waals surface area contributed by atoms with Crippen molar-refractivity contribution in [2.24, 2.45) is 0 Å². The fraction of sp³-hybridized carbons (Fsp3) is 0.318. The first-order chi connectivity index (χ1) is 15.3. The number of hydrogen-bond acceptors (Lipinski definition) is 6. The first kappa shape index (κ1) is 23.7. The standard InChI is InChI=1S/C22H25FN2O6S/c1-14-17-9-8-16(30-11-4-3-10-26)13-20(17)31-22(27)18(14)12-15-6-5-7-19(21(15)23)25-32(28,29)24-2/h5-9,13,24-26H,3-4,10-12H2,1-2H3. The summed E-state index contributed by atoms with van der Waals surface area (Å²) in [5.74, 6) is -0.224. The summed E-state index contributed by atoms with van der Waals surface area (Å²) >= 11 is 0. The second-order valence-electron chi connectivity index (χ2n) is 7.20. The number of aliphatic hydroxyl groups excluding tert-OH is 1. The van der Waals surface area contributed by atoms with Gasteiger partial charge in [-0.05, 0) is 49.1 Å². The summed E-state index contributed by atoms with van der Waals surface area (Å²) in [5, 5.41) is 9.52. The summed E-state index contributed by atoms with van der Waals surface area (Å²) in [5.41, 5.74) is 0.604. The minimum absolute atomic E-state index is 0.0650. The highest BCUT2D eigenvalue weighted by molar-refractivity contribution is 7.90. The number of rotatable bonds is 10. The molecule has 3 aromatic rings. The zero-order chi connectivity index (χ0) is 23.3. The van der Waals surface area contributed by atoms with Crippen LogP contribution in [0, 0.1) is 12.7 Å². The minimum atomic E-state index is -3.89. The van der Waals surface area contributed by atoms with Crippen LogP contribution in [-0.4, -0.2) is 33.8 Å². The zero-order valence-electron chi connectivity index (χ0n) is 17.8. The molecule has 0 amide bonds. The molecule has 0 spiro atoms. The van der Waals surface area contributed by atoms with Crippen LogP contribution in [0.15, 0.2) is 45.6 Å². The van der Waals surface area contributed by atoms with E-state index in [0.29, 0.717) is 41.7 Å². The van der Waals surface area contributed by atoms with Crippen LogP contribution in [0.5, 0.6) is 5.75 Å². The van der Waals surface area contributed by atoms with E-state index in [1.807, 2.05) is 0 Å². The topological polar surface area (TPSA) is 118 Å². The van der Waals surface area contributed by atoms with Crippen LogP contribution in [0.1, 0.15) is 29.5 Å². The van der Waals surface area contributed by atoms with Gasteiger partial charge in [0.1, 0.15) is 11.3 Å². The largest absolute Gasteiger partial charge is 0.493 e.